The van der Waals surface area contributed by atoms with Crippen molar-refractivity contribution in [3.63, 3.8) is 0 Å². The largest absolute Gasteiger partial charge is 0.314 e. The third-order valence-electron chi connectivity index (χ3n) is 3.68. The Morgan fingerprint density at radius 3 is 2.26 bits per heavy atom. The molecule has 0 bridgehead atoms. The SMILES string of the molecule is Cl.Cl.Clc1ccc(Cl)c([C@H](c2cccs2)N2CCNCC2)c1Cl. The van der Waals surface area contributed by atoms with Gasteiger partial charge in [-0.2, -0.15) is 0 Å². The van der Waals surface area contributed by atoms with Crippen LogP contribution in [-0.2, 0) is 0 Å². The molecule has 1 aromatic heterocycles. The maximum Gasteiger partial charge on any atom is 0.0726 e. The molecular weight excluding hydrogens is 418 g/mol. The van der Waals surface area contributed by atoms with Gasteiger partial charge < -0.3 is 5.32 Å². The van der Waals surface area contributed by atoms with Crippen molar-refractivity contribution in [2.24, 2.45) is 0 Å². The second-order valence-corrected chi connectivity index (χ2v) is 7.13. The van der Waals surface area contributed by atoms with E-state index in [1.54, 1.807) is 17.4 Å². The van der Waals surface area contributed by atoms with Gasteiger partial charge in [0.25, 0.3) is 0 Å². The topological polar surface area (TPSA) is 15.3 Å². The van der Waals surface area contributed by atoms with E-state index in [1.165, 1.54) is 4.88 Å². The first-order valence-corrected chi connectivity index (χ1v) is 8.81. The van der Waals surface area contributed by atoms with Crippen molar-refractivity contribution in [2.75, 3.05) is 26.2 Å². The average Bonchev–Trinajstić information content (AvgIpc) is 3.02. The fourth-order valence-electron chi connectivity index (χ4n) is 2.69. The van der Waals surface area contributed by atoms with Crippen LogP contribution in [0.3, 0.4) is 0 Å². The van der Waals surface area contributed by atoms with Gasteiger partial charge >= 0.3 is 0 Å². The summed E-state index contributed by atoms with van der Waals surface area (Å²) in [7, 11) is 0. The van der Waals surface area contributed by atoms with Crippen LogP contribution in [0.1, 0.15) is 16.5 Å². The molecule has 23 heavy (non-hydrogen) atoms. The van der Waals surface area contributed by atoms with E-state index in [9.17, 15) is 0 Å². The van der Waals surface area contributed by atoms with Crippen LogP contribution >= 0.6 is 71.0 Å². The van der Waals surface area contributed by atoms with Crippen molar-refractivity contribution >= 4 is 71.0 Å². The predicted octanol–water partition coefficient (Wildman–Crippen LogP) is 5.55. The summed E-state index contributed by atoms with van der Waals surface area (Å²) in [6, 6.07) is 7.82. The van der Waals surface area contributed by atoms with Crippen LogP contribution in [0.25, 0.3) is 0 Å². The fraction of sp³-hybridized carbons (Fsp3) is 0.333. The minimum atomic E-state index is 0. The lowest BCUT2D eigenvalue weighted by molar-refractivity contribution is 0.201. The Hall–Kier alpha value is 0.290. The molecule has 2 heterocycles. The number of piperazine rings is 1. The number of nitrogens with one attached hydrogen (secondary N) is 1. The van der Waals surface area contributed by atoms with Gasteiger partial charge in [0.2, 0.25) is 0 Å². The monoisotopic (exact) mass is 432 g/mol. The first-order valence-electron chi connectivity index (χ1n) is 6.80. The van der Waals surface area contributed by atoms with E-state index < -0.39 is 0 Å². The zero-order valence-corrected chi connectivity index (χ0v) is 16.8. The first kappa shape index (κ1) is 21.3. The van der Waals surface area contributed by atoms with E-state index in [-0.39, 0.29) is 30.9 Å². The second kappa shape index (κ2) is 9.69. The Labute approximate surface area is 167 Å². The van der Waals surface area contributed by atoms with E-state index in [0.717, 1.165) is 31.7 Å². The highest BCUT2D eigenvalue weighted by atomic mass is 35.5. The highest BCUT2D eigenvalue weighted by Gasteiger charge is 2.29. The van der Waals surface area contributed by atoms with Crippen molar-refractivity contribution in [3.8, 4) is 0 Å². The van der Waals surface area contributed by atoms with Gasteiger partial charge in [-0.05, 0) is 23.6 Å². The normalized spacial score (nSPS) is 16.3. The molecule has 0 amide bonds. The van der Waals surface area contributed by atoms with E-state index in [2.05, 4.69) is 27.7 Å². The van der Waals surface area contributed by atoms with E-state index in [1.807, 2.05) is 6.07 Å². The second-order valence-electron chi connectivity index (χ2n) is 4.96. The smallest absolute Gasteiger partial charge is 0.0726 e. The number of nitrogens with zero attached hydrogens (tertiary/aromatic N) is 1. The van der Waals surface area contributed by atoms with Gasteiger partial charge in [-0.1, -0.05) is 40.9 Å². The average molecular weight is 435 g/mol. The summed E-state index contributed by atoms with van der Waals surface area (Å²) >= 11 is 20.9. The minimum absolute atomic E-state index is 0. The van der Waals surface area contributed by atoms with Gasteiger partial charge in [0.1, 0.15) is 0 Å². The molecule has 1 fully saturated rings. The third-order valence-corrected chi connectivity index (χ3v) is 5.76. The summed E-state index contributed by atoms with van der Waals surface area (Å²) in [6.45, 7) is 3.86. The highest BCUT2D eigenvalue weighted by Crippen LogP contribution is 2.42. The van der Waals surface area contributed by atoms with Crippen LogP contribution in [0, 0.1) is 0 Å². The van der Waals surface area contributed by atoms with Crippen molar-refractivity contribution in [1.29, 1.82) is 0 Å². The Morgan fingerprint density at radius 1 is 1.00 bits per heavy atom. The lowest BCUT2D eigenvalue weighted by Gasteiger charge is -2.35. The third kappa shape index (κ3) is 4.68. The number of hydrogen-bond donors (Lipinski definition) is 1. The van der Waals surface area contributed by atoms with E-state index >= 15 is 0 Å². The summed E-state index contributed by atoms with van der Waals surface area (Å²) in [6.07, 6.45) is 0. The molecule has 3 rings (SSSR count). The van der Waals surface area contributed by atoms with Crippen molar-refractivity contribution in [1.82, 2.24) is 10.2 Å². The lowest BCUT2D eigenvalue weighted by Crippen LogP contribution is -2.45. The van der Waals surface area contributed by atoms with Crippen molar-refractivity contribution in [3.05, 3.63) is 55.2 Å². The molecule has 1 saturated heterocycles. The van der Waals surface area contributed by atoms with Gasteiger partial charge in [0.05, 0.1) is 16.1 Å². The molecule has 1 aliphatic rings. The number of thiophene rings is 1. The molecule has 2 nitrogen and oxygen atoms in total. The maximum absolute atomic E-state index is 6.48. The van der Waals surface area contributed by atoms with Crippen LogP contribution in [0.2, 0.25) is 15.1 Å². The Kier molecular flexibility index (Phi) is 8.99. The molecule has 1 aromatic carbocycles. The molecule has 0 saturated carbocycles. The van der Waals surface area contributed by atoms with Crippen molar-refractivity contribution in [2.45, 2.75) is 6.04 Å². The summed E-state index contributed by atoms with van der Waals surface area (Å²) < 4.78 is 0. The number of halogens is 5. The summed E-state index contributed by atoms with van der Waals surface area (Å²) in [5.74, 6) is 0. The van der Waals surface area contributed by atoms with Crippen molar-refractivity contribution < 1.29 is 0 Å². The van der Waals surface area contributed by atoms with Crippen LogP contribution in [0.5, 0.6) is 0 Å². The van der Waals surface area contributed by atoms with Crippen LogP contribution < -0.4 is 5.32 Å². The van der Waals surface area contributed by atoms with Gasteiger partial charge in [0.15, 0.2) is 0 Å². The number of hydrogen-bond acceptors (Lipinski definition) is 3. The highest BCUT2D eigenvalue weighted by molar-refractivity contribution is 7.10. The van der Waals surface area contributed by atoms with Gasteiger partial charge in [0, 0.05) is 41.6 Å². The fourth-order valence-corrected chi connectivity index (χ4v) is 4.29. The molecule has 0 spiro atoms. The molecule has 0 unspecified atom stereocenters. The molecular formula is C15H17Cl5N2S. The Morgan fingerprint density at radius 2 is 1.65 bits per heavy atom. The van der Waals surface area contributed by atoms with Crippen LogP contribution in [0.4, 0.5) is 0 Å². The Balaban J connectivity index is 0.00000132. The standard InChI is InChI=1S/C15H15Cl3N2S.2ClH/c16-10-3-4-11(17)14(18)13(10)15(12-2-1-9-21-12)20-7-5-19-6-8-20;;/h1-4,9,15,19H,5-8H2;2*1H/t15-;;/m0../s1. The zero-order chi connectivity index (χ0) is 14.8. The number of rotatable bonds is 3. The zero-order valence-electron chi connectivity index (χ0n) is 12.1. The summed E-state index contributed by atoms with van der Waals surface area (Å²) in [5.41, 5.74) is 0.912. The molecule has 0 aliphatic carbocycles. The van der Waals surface area contributed by atoms with Gasteiger partial charge in [-0.3, -0.25) is 4.90 Å². The van der Waals surface area contributed by atoms with Crippen LogP contribution in [0.15, 0.2) is 29.6 Å². The predicted molar refractivity (Wildman–Crippen MR) is 107 cm³/mol. The van der Waals surface area contributed by atoms with E-state index in [0.29, 0.717) is 15.1 Å². The molecule has 128 valence electrons. The molecule has 0 radical (unpaired) electrons. The lowest BCUT2D eigenvalue weighted by atomic mass is 10.0. The summed E-state index contributed by atoms with van der Waals surface area (Å²) in [5, 5.41) is 7.23. The Bertz CT molecular complexity index is 615. The minimum Gasteiger partial charge on any atom is -0.314 e. The summed E-state index contributed by atoms with van der Waals surface area (Å²) in [4.78, 5) is 3.65. The van der Waals surface area contributed by atoms with Gasteiger partial charge in [-0.15, -0.1) is 36.2 Å². The molecule has 1 atom stereocenters. The first-order chi connectivity index (χ1) is 10.2. The molecule has 1 N–H and O–H groups in total. The maximum atomic E-state index is 6.48. The molecule has 2 aromatic rings. The molecule has 1 aliphatic heterocycles. The quantitative estimate of drug-likeness (QED) is 0.638. The van der Waals surface area contributed by atoms with Gasteiger partial charge in [-0.25, -0.2) is 0 Å². The molecule has 8 heteroatoms. The number of benzene rings is 1. The van der Waals surface area contributed by atoms with E-state index in [4.69, 9.17) is 34.8 Å². The van der Waals surface area contributed by atoms with Crippen LogP contribution in [-0.4, -0.2) is 31.1 Å².